The van der Waals surface area contributed by atoms with Gasteiger partial charge in [0.15, 0.2) is 11.4 Å². The molecule has 1 aliphatic carbocycles. The van der Waals surface area contributed by atoms with Crippen molar-refractivity contribution in [3.63, 3.8) is 0 Å². The molecule has 0 atom stereocenters. The number of fused-ring (bicyclic) bond motifs is 2. The maximum Gasteiger partial charge on any atom is 0.177 e. The van der Waals surface area contributed by atoms with Crippen LogP contribution in [0, 0.1) is 0 Å². The van der Waals surface area contributed by atoms with Crippen LogP contribution in [0.5, 0.6) is 0 Å². The molecule has 8 nitrogen and oxygen atoms in total. The maximum atomic E-state index is 11.7. The Morgan fingerprint density at radius 2 is 1.92 bits per heavy atom. The van der Waals surface area contributed by atoms with Crippen LogP contribution in [0.3, 0.4) is 0 Å². The summed E-state index contributed by atoms with van der Waals surface area (Å²) in [5.74, 6) is 1.11. The van der Waals surface area contributed by atoms with E-state index in [2.05, 4.69) is 25.7 Å². The third-order valence-corrected chi connectivity index (χ3v) is 8.35. The molecule has 0 radical (unpaired) electrons. The number of aldehydes is 1. The fourth-order valence-corrected chi connectivity index (χ4v) is 6.04. The molecule has 0 amide bonds. The summed E-state index contributed by atoms with van der Waals surface area (Å²) in [5, 5.41) is 7.77. The monoisotopic (exact) mass is 492 g/mol. The lowest BCUT2D eigenvalue weighted by molar-refractivity contribution is -0.125. The largest absolute Gasteiger partial charge is 0.452 e. The zero-order valence-corrected chi connectivity index (χ0v) is 20.5. The zero-order valence-electron chi connectivity index (χ0n) is 20.5. The van der Waals surface area contributed by atoms with E-state index in [-0.39, 0.29) is 5.54 Å². The molecule has 186 valence electrons. The van der Waals surface area contributed by atoms with Crippen LogP contribution >= 0.6 is 0 Å². The number of anilines is 1. The van der Waals surface area contributed by atoms with Crippen molar-refractivity contribution in [3.8, 4) is 22.5 Å². The molecule has 2 fully saturated rings. The standard InChI is InChI=1S/C29H28N6O2/c30-28-27-24(13-26(37-27)23-4-1-3-19-14-31-10-5-22(19)23)25(16-32-28)20-15-33-35(17-20)21-6-11-34(12-7-21)29(18-36)8-2-9-29/h1,3-5,10,13-18,21H,2,6-9,11-12H2,(H2,30,32). The lowest BCUT2D eigenvalue weighted by atomic mass is 9.75. The van der Waals surface area contributed by atoms with Gasteiger partial charge in [0.25, 0.3) is 0 Å². The van der Waals surface area contributed by atoms with Crippen LogP contribution in [0.15, 0.2) is 65.7 Å². The Hall–Kier alpha value is -4.04. The average Bonchev–Trinajstić information content (AvgIpc) is 3.58. The summed E-state index contributed by atoms with van der Waals surface area (Å²) in [6.45, 7) is 1.86. The highest BCUT2D eigenvalue weighted by molar-refractivity contribution is 6.03. The second-order valence-electron chi connectivity index (χ2n) is 10.3. The van der Waals surface area contributed by atoms with Gasteiger partial charge in [-0.15, -0.1) is 0 Å². The third kappa shape index (κ3) is 3.54. The second-order valence-corrected chi connectivity index (χ2v) is 10.3. The molecule has 4 aromatic heterocycles. The van der Waals surface area contributed by atoms with Gasteiger partial charge >= 0.3 is 0 Å². The maximum absolute atomic E-state index is 11.7. The van der Waals surface area contributed by atoms with Gasteiger partial charge in [-0.2, -0.15) is 5.10 Å². The molecule has 1 aromatic carbocycles. The SMILES string of the molecule is Nc1ncc(-c2cnn(C3CCN(C4(C=O)CCC4)CC3)c2)c2cc(-c3cccc4cnccc34)oc12. The summed E-state index contributed by atoms with van der Waals surface area (Å²) in [6.07, 6.45) is 15.7. The van der Waals surface area contributed by atoms with E-state index >= 15 is 0 Å². The summed E-state index contributed by atoms with van der Waals surface area (Å²) in [5.41, 5.74) is 9.53. The number of furan rings is 1. The highest BCUT2D eigenvalue weighted by Gasteiger charge is 2.43. The molecule has 1 saturated carbocycles. The molecule has 5 aromatic rings. The number of hydrogen-bond donors (Lipinski definition) is 1. The first kappa shape index (κ1) is 22.2. The number of aromatic nitrogens is 4. The van der Waals surface area contributed by atoms with Crippen molar-refractivity contribution in [3.05, 3.63) is 61.3 Å². The number of likely N-dealkylation sites (tertiary alicyclic amines) is 1. The predicted molar refractivity (Wildman–Crippen MR) is 143 cm³/mol. The second kappa shape index (κ2) is 8.52. The van der Waals surface area contributed by atoms with Gasteiger partial charge in [-0.05, 0) is 49.6 Å². The van der Waals surface area contributed by atoms with E-state index in [0.29, 0.717) is 17.4 Å². The highest BCUT2D eigenvalue weighted by Crippen LogP contribution is 2.40. The molecule has 5 heterocycles. The first-order valence-corrected chi connectivity index (χ1v) is 12.9. The average molecular weight is 493 g/mol. The Morgan fingerprint density at radius 1 is 1.05 bits per heavy atom. The van der Waals surface area contributed by atoms with Crippen molar-refractivity contribution in [2.45, 2.75) is 43.7 Å². The van der Waals surface area contributed by atoms with Crippen LogP contribution in [0.25, 0.3) is 44.2 Å². The first-order valence-electron chi connectivity index (χ1n) is 12.9. The number of nitrogen functional groups attached to an aromatic ring is 1. The van der Waals surface area contributed by atoms with Crippen LogP contribution in [-0.4, -0.2) is 49.6 Å². The lowest BCUT2D eigenvalue weighted by Gasteiger charge is -2.49. The summed E-state index contributed by atoms with van der Waals surface area (Å²) in [4.78, 5) is 22.8. The Labute approximate surface area is 214 Å². The van der Waals surface area contributed by atoms with Gasteiger partial charge in [0.2, 0.25) is 0 Å². The fraction of sp³-hybridized carbons (Fsp3) is 0.310. The Balaban J connectivity index is 1.20. The lowest BCUT2D eigenvalue weighted by Crippen LogP contribution is -2.57. The third-order valence-electron chi connectivity index (χ3n) is 8.35. The number of pyridine rings is 2. The van der Waals surface area contributed by atoms with E-state index < -0.39 is 0 Å². The van der Waals surface area contributed by atoms with Gasteiger partial charge < -0.3 is 14.9 Å². The number of nitrogens with two attached hydrogens (primary N) is 1. The molecule has 0 unspecified atom stereocenters. The minimum absolute atomic E-state index is 0.207. The molecule has 37 heavy (non-hydrogen) atoms. The molecular formula is C29H28N6O2. The van der Waals surface area contributed by atoms with Gasteiger partial charge in [0.1, 0.15) is 12.0 Å². The van der Waals surface area contributed by atoms with Crippen molar-refractivity contribution in [2.24, 2.45) is 0 Å². The summed E-state index contributed by atoms with van der Waals surface area (Å²) in [6, 6.07) is 10.5. The predicted octanol–water partition coefficient (Wildman–Crippen LogP) is 5.25. The Morgan fingerprint density at radius 3 is 2.70 bits per heavy atom. The number of rotatable bonds is 5. The molecule has 2 aliphatic rings. The topological polar surface area (TPSA) is 103 Å². The zero-order chi connectivity index (χ0) is 25.0. The van der Waals surface area contributed by atoms with Crippen molar-refractivity contribution in [2.75, 3.05) is 18.8 Å². The van der Waals surface area contributed by atoms with Gasteiger partial charge in [0, 0.05) is 65.3 Å². The minimum atomic E-state index is -0.207. The smallest absolute Gasteiger partial charge is 0.177 e. The van der Waals surface area contributed by atoms with Gasteiger partial charge in [0.05, 0.1) is 17.8 Å². The summed E-state index contributed by atoms with van der Waals surface area (Å²) >= 11 is 0. The van der Waals surface area contributed by atoms with Crippen molar-refractivity contribution >= 4 is 33.8 Å². The van der Waals surface area contributed by atoms with E-state index in [1.165, 1.54) is 6.29 Å². The minimum Gasteiger partial charge on any atom is -0.452 e. The van der Waals surface area contributed by atoms with Crippen LogP contribution < -0.4 is 5.73 Å². The van der Waals surface area contributed by atoms with Crippen LogP contribution in [0.1, 0.15) is 38.1 Å². The molecule has 2 N–H and O–H groups in total. The number of hydrogen-bond acceptors (Lipinski definition) is 7. The van der Waals surface area contributed by atoms with Crippen molar-refractivity contribution in [1.82, 2.24) is 24.6 Å². The summed E-state index contributed by atoms with van der Waals surface area (Å²) < 4.78 is 8.35. The van der Waals surface area contributed by atoms with E-state index in [0.717, 1.165) is 83.8 Å². The number of carbonyl (C=O) groups excluding carboxylic acids is 1. The Bertz CT molecular complexity index is 1620. The number of benzene rings is 1. The molecule has 8 heteroatoms. The van der Waals surface area contributed by atoms with E-state index in [9.17, 15) is 4.79 Å². The fourth-order valence-electron chi connectivity index (χ4n) is 6.04. The van der Waals surface area contributed by atoms with Gasteiger partial charge in [-0.1, -0.05) is 18.2 Å². The van der Waals surface area contributed by atoms with Crippen molar-refractivity contribution in [1.29, 1.82) is 0 Å². The highest BCUT2D eigenvalue weighted by atomic mass is 16.3. The number of nitrogens with zero attached hydrogens (tertiary/aromatic N) is 5. The van der Waals surface area contributed by atoms with E-state index in [4.69, 9.17) is 15.2 Å². The molecule has 7 rings (SSSR count). The Kier molecular flexibility index (Phi) is 5.11. The molecule has 0 spiro atoms. The molecule has 1 aliphatic heterocycles. The molecule has 0 bridgehead atoms. The molecule has 1 saturated heterocycles. The van der Waals surface area contributed by atoms with Crippen molar-refractivity contribution < 1.29 is 9.21 Å². The van der Waals surface area contributed by atoms with E-state index in [1.807, 2.05) is 42.7 Å². The molecular weight excluding hydrogens is 464 g/mol. The van der Waals surface area contributed by atoms with Crippen LogP contribution in [-0.2, 0) is 4.79 Å². The van der Waals surface area contributed by atoms with Crippen LogP contribution in [0.2, 0.25) is 0 Å². The quantitative estimate of drug-likeness (QED) is 0.334. The van der Waals surface area contributed by atoms with Crippen LogP contribution in [0.4, 0.5) is 5.82 Å². The summed E-state index contributed by atoms with van der Waals surface area (Å²) in [7, 11) is 0. The van der Waals surface area contributed by atoms with E-state index in [1.54, 1.807) is 12.4 Å². The van der Waals surface area contributed by atoms with Gasteiger partial charge in [-0.25, -0.2) is 4.98 Å². The first-order chi connectivity index (χ1) is 18.1. The normalized spacial score (nSPS) is 18.3. The number of carbonyl (C=O) groups is 1. The van der Waals surface area contributed by atoms with Gasteiger partial charge in [-0.3, -0.25) is 14.6 Å². The number of piperidine rings is 1.